The molecule has 0 aromatic heterocycles. The van der Waals surface area contributed by atoms with Gasteiger partial charge in [-0.3, -0.25) is 0 Å². The predicted molar refractivity (Wildman–Crippen MR) is 159 cm³/mol. The summed E-state index contributed by atoms with van der Waals surface area (Å²) in [5.41, 5.74) is 4.74. The molecule has 5 rings (SSSR count). The van der Waals surface area contributed by atoms with Crippen LogP contribution in [0.4, 0.5) is 0 Å². The molecular formula is C36H36O5. The molecule has 2 unspecified atom stereocenters. The van der Waals surface area contributed by atoms with Crippen molar-refractivity contribution in [3.05, 3.63) is 142 Å². The van der Waals surface area contributed by atoms with E-state index in [1.165, 1.54) is 0 Å². The number of hydrogen-bond acceptors (Lipinski definition) is 5. The monoisotopic (exact) mass is 548 g/mol. The summed E-state index contributed by atoms with van der Waals surface area (Å²) in [7, 11) is 1.60. The maximum Gasteiger partial charge on any atom is 0.338 e. The van der Waals surface area contributed by atoms with Crippen LogP contribution in [0.1, 0.15) is 67.9 Å². The van der Waals surface area contributed by atoms with Crippen molar-refractivity contribution in [1.29, 1.82) is 0 Å². The van der Waals surface area contributed by atoms with Gasteiger partial charge in [-0.05, 0) is 81.1 Å². The van der Waals surface area contributed by atoms with Gasteiger partial charge in [-0.2, -0.15) is 0 Å². The minimum Gasteiger partial charge on any atom is -0.453 e. The Bertz CT molecular complexity index is 1570. The summed E-state index contributed by atoms with van der Waals surface area (Å²) in [5.74, 6) is -1.01. The van der Waals surface area contributed by atoms with Crippen LogP contribution < -0.4 is 0 Å². The lowest BCUT2D eigenvalue weighted by atomic mass is 9.59. The van der Waals surface area contributed by atoms with Crippen LogP contribution >= 0.6 is 0 Å². The van der Waals surface area contributed by atoms with Crippen molar-refractivity contribution in [2.24, 2.45) is 0 Å². The molecule has 0 saturated heterocycles. The SMILES string of the molecule is CO[C@]1(C)c2ccccc2[C@@](C)(c2ccccc2C)C(OC(=O)c2ccc(C)cc2)C1OC(=O)c1ccc(C)cc1. The third-order valence-electron chi connectivity index (χ3n) is 8.58. The quantitative estimate of drug-likeness (QED) is 0.238. The van der Waals surface area contributed by atoms with Gasteiger partial charge in [0.1, 0.15) is 5.60 Å². The van der Waals surface area contributed by atoms with E-state index in [1.54, 1.807) is 31.4 Å². The Hall–Kier alpha value is -4.22. The second kappa shape index (κ2) is 11.0. The number of ether oxygens (including phenoxy) is 3. The lowest BCUT2D eigenvalue weighted by Gasteiger charge is -2.53. The standard InChI is InChI=1S/C36H36O5/c1-23-15-19-26(20-16-23)33(37)40-31-32(41-34(38)27-21-17-24(2)18-22-27)36(5,39-6)30-14-10-9-13-29(30)35(31,4)28-12-8-7-11-25(28)3/h7-22,31-32H,1-6H3/t31?,32?,35-,36-/m1/s1. The Morgan fingerprint density at radius 2 is 1.02 bits per heavy atom. The Labute approximate surface area is 242 Å². The number of benzene rings is 4. The number of carbonyl (C=O) groups is 2. The number of fused-ring (bicyclic) bond motifs is 1. The Balaban J connectivity index is 1.72. The zero-order valence-electron chi connectivity index (χ0n) is 24.4. The van der Waals surface area contributed by atoms with E-state index in [4.69, 9.17) is 14.2 Å². The molecule has 5 nitrogen and oxygen atoms in total. The van der Waals surface area contributed by atoms with Gasteiger partial charge in [0.25, 0.3) is 0 Å². The van der Waals surface area contributed by atoms with Crippen molar-refractivity contribution in [2.75, 3.05) is 7.11 Å². The van der Waals surface area contributed by atoms with Gasteiger partial charge in [0.2, 0.25) is 0 Å². The highest BCUT2D eigenvalue weighted by Crippen LogP contribution is 2.53. The zero-order chi connectivity index (χ0) is 29.4. The maximum absolute atomic E-state index is 13.8. The summed E-state index contributed by atoms with van der Waals surface area (Å²) in [5, 5.41) is 0. The molecule has 0 spiro atoms. The van der Waals surface area contributed by atoms with Crippen molar-refractivity contribution < 1.29 is 23.8 Å². The maximum atomic E-state index is 13.8. The van der Waals surface area contributed by atoms with Crippen LogP contribution in [0.5, 0.6) is 0 Å². The van der Waals surface area contributed by atoms with E-state index in [-0.39, 0.29) is 0 Å². The van der Waals surface area contributed by atoms with Crippen LogP contribution in [0.2, 0.25) is 0 Å². The fourth-order valence-corrected chi connectivity index (χ4v) is 6.05. The summed E-state index contributed by atoms with van der Waals surface area (Å²) < 4.78 is 19.0. The molecular weight excluding hydrogens is 512 g/mol. The first-order valence-corrected chi connectivity index (χ1v) is 13.9. The highest BCUT2D eigenvalue weighted by atomic mass is 16.6. The number of aryl methyl sites for hydroxylation is 3. The van der Waals surface area contributed by atoms with E-state index < -0.39 is 35.2 Å². The summed E-state index contributed by atoms with van der Waals surface area (Å²) >= 11 is 0. The summed E-state index contributed by atoms with van der Waals surface area (Å²) in [4.78, 5) is 27.4. The van der Waals surface area contributed by atoms with Gasteiger partial charge >= 0.3 is 11.9 Å². The van der Waals surface area contributed by atoms with Crippen molar-refractivity contribution in [1.82, 2.24) is 0 Å². The number of methoxy groups -OCH3 is 1. The second-order valence-corrected chi connectivity index (χ2v) is 11.3. The lowest BCUT2D eigenvalue weighted by Crippen LogP contribution is -2.62. The van der Waals surface area contributed by atoms with Gasteiger partial charge < -0.3 is 14.2 Å². The first-order chi connectivity index (χ1) is 19.6. The number of esters is 2. The largest absolute Gasteiger partial charge is 0.453 e. The van der Waals surface area contributed by atoms with E-state index in [0.29, 0.717) is 11.1 Å². The average molecular weight is 549 g/mol. The average Bonchev–Trinajstić information content (AvgIpc) is 2.98. The number of hydrogen-bond donors (Lipinski definition) is 0. The van der Waals surface area contributed by atoms with Gasteiger partial charge in [-0.25, -0.2) is 9.59 Å². The minimum absolute atomic E-state index is 0.411. The molecule has 0 fully saturated rings. The fraction of sp³-hybridized carbons (Fsp3) is 0.278. The molecule has 0 bridgehead atoms. The van der Waals surface area contributed by atoms with Crippen LogP contribution in [-0.4, -0.2) is 31.3 Å². The molecule has 4 atom stereocenters. The summed E-state index contributed by atoms with van der Waals surface area (Å²) in [6.07, 6.45) is -1.90. The minimum atomic E-state index is -1.11. The van der Waals surface area contributed by atoms with Gasteiger partial charge in [-0.15, -0.1) is 0 Å². The van der Waals surface area contributed by atoms with E-state index >= 15 is 0 Å². The van der Waals surface area contributed by atoms with Crippen molar-refractivity contribution in [3.63, 3.8) is 0 Å². The molecule has 4 aromatic rings. The first-order valence-electron chi connectivity index (χ1n) is 13.9. The molecule has 1 aliphatic carbocycles. The summed E-state index contributed by atoms with van der Waals surface area (Å²) in [6, 6.07) is 30.5. The number of rotatable bonds is 6. The molecule has 0 amide bonds. The molecule has 4 aromatic carbocycles. The molecule has 0 saturated carbocycles. The lowest BCUT2D eigenvalue weighted by molar-refractivity contribution is -0.167. The van der Waals surface area contributed by atoms with Crippen molar-refractivity contribution in [3.8, 4) is 0 Å². The topological polar surface area (TPSA) is 61.8 Å². The van der Waals surface area contributed by atoms with E-state index in [9.17, 15) is 9.59 Å². The van der Waals surface area contributed by atoms with Crippen molar-refractivity contribution in [2.45, 2.75) is 57.8 Å². The Kier molecular flexibility index (Phi) is 7.58. The van der Waals surface area contributed by atoms with Crippen LogP contribution in [-0.2, 0) is 25.2 Å². The third kappa shape index (κ3) is 4.95. The highest BCUT2D eigenvalue weighted by molar-refractivity contribution is 5.91. The molecule has 0 heterocycles. The molecule has 41 heavy (non-hydrogen) atoms. The molecule has 0 radical (unpaired) electrons. The van der Waals surface area contributed by atoms with Crippen LogP contribution in [0, 0.1) is 20.8 Å². The smallest absolute Gasteiger partial charge is 0.338 e. The molecule has 5 heteroatoms. The normalized spacial score (nSPS) is 23.4. The predicted octanol–water partition coefficient (Wildman–Crippen LogP) is 7.24. The Morgan fingerprint density at radius 1 is 0.585 bits per heavy atom. The van der Waals surface area contributed by atoms with E-state index in [0.717, 1.165) is 33.4 Å². The molecule has 0 aliphatic heterocycles. The van der Waals surface area contributed by atoms with E-state index in [1.807, 2.05) is 100 Å². The Morgan fingerprint density at radius 3 is 1.51 bits per heavy atom. The fourth-order valence-electron chi connectivity index (χ4n) is 6.05. The van der Waals surface area contributed by atoms with Gasteiger partial charge in [-0.1, -0.05) is 83.9 Å². The molecule has 1 aliphatic rings. The van der Waals surface area contributed by atoms with Crippen molar-refractivity contribution >= 4 is 11.9 Å². The van der Waals surface area contributed by atoms with Crippen LogP contribution in [0.3, 0.4) is 0 Å². The number of carbonyl (C=O) groups excluding carboxylic acids is 2. The van der Waals surface area contributed by atoms with Gasteiger partial charge in [0, 0.05) is 7.11 Å². The van der Waals surface area contributed by atoms with Gasteiger partial charge in [0.15, 0.2) is 12.2 Å². The zero-order valence-corrected chi connectivity index (χ0v) is 24.4. The van der Waals surface area contributed by atoms with Crippen LogP contribution in [0.15, 0.2) is 97.1 Å². The first kappa shape index (κ1) is 28.3. The second-order valence-electron chi connectivity index (χ2n) is 11.3. The van der Waals surface area contributed by atoms with E-state index in [2.05, 4.69) is 6.92 Å². The molecule has 0 N–H and O–H groups in total. The van der Waals surface area contributed by atoms with Crippen LogP contribution in [0.25, 0.3) is 0 Å². The third-order valence-corrected chi connectivity index (χ3v) is 8.58. The van der Waals surface area contributed by atoms with Gasteiger partial charge in [0.05, 0.1) is 16.5 Å². The highest BCUT2D eigenvalue weighted by Gasteiger charge is 2.60. The summed E-state index contributed by atoms with van der Waals surface area (Å²) in [6.45, 7) is 9.92. The molecule has 210 valence electrons.